The van der Waals surface area contributed by atoms with E-state index in [0.29, 0.717) is 12.8 Å². The van der Waals surface area contributed by atoms with E-state index in [4.69, 9.17) is 4.74 Å². The minimum absolute atomic E-state index is 0.0490. The molecular formula is C25H26N4O5. The number of nitrogens with zero attached hydrogens (tertiary/aromatic N) is 2. The Balaban J connectivity index is 1.43. The van der Waals surface area contributed by atoms with Crippen molar-refractivity contribution in [3.63, 3.8) is 0 Å². The molecule has 0 saturated heterocycles. The second-order valence-corrected chi connectivity index (χ2v) is 8.14. The SMILES string of the molecule is CCCC(NC(=O)OCC1c2ccccc2-c2ccccc21)C(=O)Nc1c(C(=O)O)cnn1C. The molecule has 9 heteroatoms. The van der Waals surface area contributed by atoms with Crippen molar-refractivity contribution in [2.75, 3.05) is 11.9 Å². The van der Waals surface area contributed by atoms with Gasteiger partial charge in [-0.3, -0.25) is 9.48 Å². The van der Waals surface area contributed by atoms with Crippen molar-refractivity contribution >= 4 is 23.8 Å². The third kappa shape index (κ3) is 4.50. The number of anilines is 1. The number of nitrogens with one attached hydrogen (secondary N) is 2. The minimum Gasteiger partial charge on any atom is -0.477 e. The van der Waals surface area contributed by atoms with Crippen molar-refractivity contribution in [2.24, 2.45) is 7.05 Å². The molecule has 1 atom stereocenters. The number of aromatic nitrogens is 2. The molecule has 1 aromatic heterocycles. The normalized spacial score (nSPS) is 13.0. The smallest absolute Gasteiger partial charge is 0.407 e. The monoisotopic (exact) mass is 462 g/mol. The maximum Gasteiger partial charge on any atom is 0.407 e. The highest BCUT2D eigenvalue weighted by Crippen LogP contribution is 2.44. The fourth-order valence-electron chi connectivity index (χ4n) is 4.29. The lowest BCUT2D eigenvalue weighted by atomic mass is 9.98. The van der Waals surface area contributed by atoms with Crippen LogP contribution in [-0.2, 0) is 16.6 Å². The number of carboxylic acids is 1. The van der Waals surface area contributed by atoms with Gasteiger partial charge >= 0.3 is 12.1 Å². The first-order valence-corrected chi connectivity index (χ1v) is 11.1. The van der Waals surface area contributed by atoms with Crippen molar-refractivity contribution in [1.29, 1.82) is 0 Å². The summed E-state index contributed by atoms with van der Waals surface area (Å²) in [7, 11) is 1.52. The standard InChI is InChI=1S/C25H26N4O5/c1-3-8-21(23(30)28-22-19(24(31)32)13-26-29(22)2)27-25(33)34-14-20-17-11-6-4-9-15(17)16-10-5-7-12-18(16)20/h4-7,9-13,20-21H,3,8,14H2,1-2H3,(H,27,33)(H,28,30)(H,31,32). The van der Waals surface area contributed by atoms with Crippen LogP contribution in [0.2, 0.25) is 0 Å². The van der Waals surface area contributed by atoms with E-state index in [1.165, 1.54) is 11.7 Å². The highest BCUT2D eigenvalue weighted by molar-refractivity contribution is 6.01. The van der Waals surface area contributed by atoms with Gasteiger partial charge in [-0.25, -0.2) is 9.59 Å². The average molecular weight is 463 g/mol. The van der Waals surface area contributed by atoms with Gasteiger partial charge in [0.05, 0.1) is 6.20 Å². The summed E-state index contributed by atoms with van der Waals surface area (Å²) < 4.78 is 6.81. The van der Waals surface area contributed by atoms with E-state index in [9.17, 15) is 19.5 Å². The lowest BCUT2D eigenvalue weighted by Gasteiger charge is -2.19. The second-order valence-electron chi connectivity index (χ2n) is 8.14. The van der Waals surface area contributed by atoms with Crippen LogP contribution >= 0.6 is 0 Å². The number of ether oxygens (including phenoxy) is 1. The summed E-state index contributed by atoms with van der Waals surface area (Å²) in [5, 5.41) is 18.4. The van der Waals surface area contributed by atoms with Crippen LogP contribution in [0.4, 0.5) is 10.6 Å². The van der Waals surface area contributed by atoms with Gasteiger partial charge in [-0.15, -0.1) is 0 Å². The topological polar surface area (TPSA) is 123 Å². The van der Waals surface area contributed by atoms with Gasteiger partial charge in [0.15, 0.2) is 0 Å². The van der Waals surface area contributed by atoms with Crippen molar-refractivity contribution in [2.45, 2.75) is 31.7 Å². The molecule has 4 rings (SSSR count). The molecule has 0 fully saturated rings. The summed E-state index contributed by atoms with van der Waals surface area (Å²) in [6.45, 7) is 2.01. The number of fused-ring (bicyclic) bond motifs is 3. The molecule has 1 heterocycles. The van der Waals surface area contributed by atoms with Crippen molar-refractivity contribution in [3.05, 3.63) is 71.4 Å². The summed E-state index contributed by atoms with van der Waals surface area (Å²) in [5.74, 6) is -1.79. The van der Waals surface area contributed by atoms with Gasteiger partial charge in [-0.1, -0.05) is 61.9 Å². The predicted molar refractivity (Wildman–Crippen MR) is 126 cm³/mol. The molecule has 3 aromatic rings. The summed E-state index contributed by atoms with van der Waals surface area (Å²) in [4.78, 5) is 36.9. The number of carbonyl (C=O) groups is 3. The fraction of sp³-hybridized carbons (Fsp3) is 0.280. The Labute approximate surface area is 196 Å². The molecule has 1 aliphatic carbocycles. The molecule has 0 aliphatic heterocycles. The van der Waals surface area contributed by atoms with Crippen LogP contribution < -0.4 is 10.6 Å². The van der Waals surface area contributed by atoms with E-state index in [1.807, 2.05) is 43.3 Å². The van der Waals surface area contributed by atoms with E-state index >= 15 is 0 Å². The van der Waals surface area contributed by atoms with Crippen molar-refractivity contribution in [1.82, 2.24) is 15.1 Å². The highest BCUT2D eigenvalue weighted by Gasteiger charge is 2.30. The Morgan fingerprint density at radius 2 is 1.71 bits per heavy atom. The third-order valence-corrected chi connectivity index (χ3v) is 5.94. The minimum atomic E-state index is -1.21. The maximum atomic E-state index is 12.8. The van der Waals surface area contributed by atoms with Gasteiger partial charge < -0.3 is 20.5 Å². The molecule has 0 radical (unpaired) electrons. The van der Waals surface area contributed by atoms with E-state index in [-0.39, 0.29) is 23.9 Å². The van der Waals surface area contributed by atoms with E-state index in [0.717, 1.165) is 28.5 Å². The molecule has 34 heavy (non-hydrogen) atoms. The van der Waals surface area contributed by atoms with Crippen LogP contribution in [0, 0.1) is 0 Å². The number of carbonyl (C=O) groups excluding carboxylic acids is 2. The van der Waals surface area contributed by atoms with E-state index < -0.39 is 24.0 Å². The molecule has 1 unspecified atom stereocenters. The molecule has 9 nitrogen and oxygen atoms in total. The lowest BCUT2D eigenvalue weighted by molar-refractivity contribution is -0.118. The highest BCUT2D eigenvalue weighted by atomic mass is 16.5. The number of aromatic carboxylic acids is 1. The first-order valence-electron chi connectivity index (χ1n) is 11.1. The van der Waals surface area contributed by atoms with Crippen LogP contribution in [0.15, 0.2) is 54.7 Å². The van der Waals surface area contributed by atoms with Crippen molar-refractivity contribution < 1.29 is 24.2 Å². The Kier molecular flexibility index (Phi) is 6.62. The van der Waals surface area contributed by atoms with Gasteiger partial charge in [0.2, 0.25) is 5.91 Å². The molecule has 176 valence electrons. The summed E-state index contributed by atoms with van der Waals surface area (Å²) >= 11 is 0. The third-order valence-electron chi connectivity index (χ3n) is 5.94. The number of alkyl carbamates (subject to hydrolysis) is 1. The largest absolute Gasteiger partial charge is 0.477 e. The number of carboxylic acid groups (broad SMARTS) is 1. The van der Waals surface area contributed by atoms with Gasteiger partial charge in [0.25, 0.3) is 0 Å². The summed E-state index contributed by atoms with van der Waals surface area (Å²) in [6.07, 6.45) is 1.43. The molecule has 1 aliphatic rings. The lowest BCUT2D eigenvalue weighted by Crippen LogP contribution is -2.44. The molecule has 0 bridgehead atoms. The molecular weight excluding hydrogens is 436 g/mol. The molecule has 2 aromatic carbocycles. The molecule has 0 spiro atoms. The average Bonchev–Trinajstić information content (AvgIpc) is 3.35. The number of benzene rings is 2. The Bertz CT molecular complexity index is 1190. The Hall–Kier alpha value is -4.14. The van der Waals surface area contributed by atoms with Crippen LogP contribution in [-0.4, -0.2) is 45.5 Å². The van der Waals surface area contributed by atoms with Crippen molar-refractivity contribution in [3.8, 4) is 11.1 Å². The van der Waals surface area contributed by atoms with Gasteiger partial charge in [-0.2, -0.15) is 5.10 Å². The Morgan fingerprint density at radius 3 is 2.29 bits per heavy atom. The zero-order chi connectivity index (χ0) is 24.2. The number of hydrogen-bond acceptors (Lipinski definition) is 5. The fourth-order valence-corrected chi connectivity index (χ4v) is 4.29. The maximum absolute atomic E-state index is 12.8. The van der Waals surface area contributed by atoms with Crippen LogP contribution in [0.25, 0.3) is 11.1 Å². The molecule has 0 saturated carbocycles. The van der Waals surface area contributed by atoms with Gasteiger partial charge in [-0.05, 0) is 28.7 Å². The molecule has 3 N–H and O–H groups in total. The molecule has 2 amide bonds. The van der Waals surface area contributed by atoms with Crippen LogP contribution in [0.3, 0.4) is 0 Å². The van der Waals surface area contributed by atoms with Crippen LogP contribution in [0.5, 0.6) is 0 Å². The first-order chi connectivity index (χ1) is 16.4. The summed E-state index contributed by atoms with van der Waals surface area (Å²) in [6, 6.07) is 15.2. The van der Waals surface area contributed by atoms with Crippen LogP contribution in [0.1, 0.15) is 47.2 Å². The second kappa shape index (κ2) is 9.78. The number of amides is 2. The van der Waals surface area contributed by atoms with Gasteiger partial charge in [0, 0.05) is 13.0 Å². The predicted octanol–water partition coefficient (Wildman–Crippen LogP) is 3.76. The van der Waals surface area contributed by atoms with Gasteiger partial charge in [0.1, 0.15) is 24.0 Å². The van der Waals surface area contributed by atoms with E-state index in [2.05, 4.69) is 27.9 Å². The van der Waals surface area contributed by atoms with E-state index in [1.54, 1.807) is 0 Å². The number of aryl methyl sites for hydroxylation is 1. The first kappa shape index (κ1) is 23.0. The zero-order valence-electron chi connectivity index (χ0n) is 18.9. The number of hydrogen-bond donors (Lipinski definition) is 3. The summed E-state index contributed by atoms with van der Waals surface area (Å²) in [5.41, 5.74) is 4.31. The zero-order valence-corrected chi connectivity index (χ0v) is 18.9. The number of rotatable bonds is 8. The Morgan fingerprint density at radius 1 is 1.09 bits per heavy atom. The quantitative estimate of drug-likeness (QED) is 0.468.